The van der Waals surface area contributed by atoms with Gasteiger partial charge in [-0.25, -0.2) is 4.79 Å². The number of benzene rings is 2. The molecule has 0 radical (unpaired) electrons. The van der Waals surface area contributed by atoms with Gasteiger partial charge in [0.2, 0.25) is 5.69 Å². The first-order valence-electron chi connectivity index (χ1n) is 8.80. The Morgan fingerprint density at radius 2 is 1.87 bits per heavy atom. The van der Waals surface area contributed by atoms with Crippen LogP contribution in [0, 0.1) is 6.92 Å². The summed E-state index contributed by atoms with van der Waals surface area (Å²) in [4.78, 5) is 24.9. The van der Waals surface area contributed by atoms with Crippen LogP contribution in [0.25, 0.3) is 5.69 Å². The van der Waals surface area contributed by atoms with Gasteiger partial charge in [0.1, 0.15) is 4.90 Å². The lowest BCUT2D eigenvalue weighted by atomic mass is 10.2. The van der Waals surface area contributed by atoms with Gasteiger partial charge < -0.3 is 8.92 Å². The molecule has 2 aromatic carbocycles. The van der Waals surface area contributed by atoms with Crippen LogP contribution in [0.15, 0.2) is 64.3 Å². The van der Waals surface area contributed by atoms with Crippen LogP contribution < -0.4 is 9.74 Å². The van der Waals surface area contributed by atoms with E-state index in [9.17, 15) is 18.0 Å². The maximum atomic E-state index is 12.7. The van der Waals surface area contributed by atoms with E-state index in [1.807, 2.05) is 0 Å². The first kappa shape index (κ1) is 21.5. The van der Waals surface area contributed by atoms with Crippen LogP contribution in [0.3, 0.4) is 0 Å². The molecule has 1 heterocycles. The third-order valence-electron chi connectivity index (χ3n) is 3.92. The van der Waals surface area contributed by atoms with Crippen LogP contribution in [-0.2, 0) is 14.9 Å². The molecular weight excluding hydrogens is 432 g/mol. The average molecular weight is 449 g/mol. The highest BCUT2D eigenvalue weighted by molar-refractivity contribution is 7.87. The lowest BCUT2D eigenvalue weighted by Gasteiger charge is -2.13. The van der Waals surface area contributed by atoms with E-state index in [4.69, 9.17) is 20.5 Å². The molecule has 10 heteroatoms. The van der Waals surface area contributed by atoms with E-state index >= 15 is 0 Å². The van der Waals surface area contributed by atoms with Crippen molar-refractivity contribution in [3.8, 4) is 11.4 Å². The maximum Gasteiger partial charge on any atom is 0.362 e. The van der Waals surface area contributed by atoms with Crippen LogP contribution >= 0.6 is 11.6 Å². The van der Waals surface area contributed by atoms with Gasteiger partial charge in [0.15, 0.2) is 5.75 Å². The summed E-state index contributed by atoms with van der Waals surface area (Å²) in [7, 11) is -4.33. The fraction of sp³-hybridized carbons (Fsp3) is 0.150. The summed E-state index contributed by atoms with van der Waals surface area (Å²) in [6, 6.07) is 13.2. The number of halogens is 1. The maximum absolute atomic E-state index is 12.7. The Morgan fingerprint density at radius 1 is 1.13 bits per heavy atom. The second-order valence-corrected chi connectivity index (χ2v) is 8.09. The topological polar surface area (TPSA) is 105 Å². The number of nitrogens with zero attached hydrogens (tertiary/aromatic N) is 2. The zero-order valence-electron chi connectivity index (χ0n) is 16.0. The van der Waals surface area contributed by atoms with Gasteiger partial charge in [-0.3, -0.25) is 4.79 Å². The minimum atomic E-state index is -4.33. The minimum Gasteiger partial charge on any atom is -0.461 e. The van der Waals surface area contributed by atoms with Gasteiger partial charge in [0.05, 0.1) is 23.4 Å². The SMILES string of the molecule is CCOC(=O)c1nn(-c2ccccc2Cl)c(=O)cc1OS(=O)(=O)c1cccc(C)c1. The van der Waals surface area contributed by atoms with Crippen molar-refractivity contribution < 1.29 is 22.1 Å². The fourth-order valence-electron chi connectivity index (χ4n) is 2.58. The van der Waals surface area contributed by atoms with E-state index in [0.717, 1.165) is 10.7 Å². The third-order valence-corrected chi connectivity index (χ3v) is 5.47. The molecule has 0 atom stereocenters. The third kappa shape index (κ3) is 4.52. The van der Waals surface area contributed by atoms with Crippen molar-refractivity contribution in [1.29, 1.82) is 0 Å². The lowest BCUT2D eigenvalue weighted by molar-refractivity contribution is 0.0515. The molecule has 0 bridgehead atoms. The number of hydrogen-bond donors (Lipinski definition) is 0. The normalized spacial score (nSPS) is 11.2. The second-order valence-electron chi connectivity index (χ2n) is 6.13. The zero-order chi connectivity index (χ0) is 21.9. The van der Waals surface area contributed by atoms with Gasteiger partial charge in [-0.05, 0) is 43.7 Å². The molecule has 0 aliphatic rings. The number of hydrogen-bond acceptors (Lipinski definition) is 7. The molecule has 3 aromatic rings. The van der Waals surface area contributed by atoms with E-state index < -0.39 is 33.1 Å². The molecule has 3 rings (SSSR count). The average Bonchev–Trinajstić information content (AvgIpc) is 2.69. The Balaban J connectivity index is 2.14. The molecule has 0 amide bonds. The van der Waals surface area contributed by atoms with Crippen molar-refractivity contribution >= 4 is 27.7 Å². The first-order valence-corrected chi connectivity index (χ1v) is 10.6. The molecule has 0 saturated carbocycles. The van der Waals surface area contributed by atoms with E-state index in [1.165, 1.54) is 18.2 Å². The molecule has 0 unspecified atom stereocenters. The van der Waals surface area contributed by atoms with Crippen LogP contribution in [0.2, 0.25) is 5.02 Å². The number of para-hydroxylation sites is 1. The molecule has 0 aliphatic carbocycles. The summed E-state index contributed by atoms with van der Waals surface area (Å²) >= 11 is 6.12. The summed E-state index contributed by atoms with van der Waals surface area (Å²) in [5.74, 6) is -1.49. The van der Waals surface area contributed by atoms with E-state index in [2.05, 4.69) is 5.10 Å². The Hall–Kier alpha value is -3.17. The van der Waals surface area contributed by atoms with Gasteiger partial charge in [0, 0.05) is 0 Å². The van der Waals surface area contributed by atoms with Crippen LogP contribution in [0.5, 0.6) is 5.75 Å². The predicted octanol–water partition coefficient (Wildman–Crippen LogP) is 3.14. The Kier molecular flexibility index (Phi) is 6.23. The van der Waals surface area contributed by atoms with Crippen molar-refractivity contribution in [3.05, 3.63) is 81.2 Å². The molecule has 0 N–H and O–H groups in total. The predicted molar refractivity (Wildman–Crippen MR) is 110 cm³/mol. The summed E-state index contributed by atoms with van der Waals surface area (Å²) in [5, 5.41) is 4.18. The lowest BCUT2D eigenvalue weighted by Crippen LogP contribution is -2.26. The molecule has 1 aromatic heterocycles. The van der Waals surface area contributed by atoms with Gasteiger partial charge >= 0.3 is 16.1 Å². The van der Waals surface area contributed by atoms with Gasteiger partial charge in [0.25, 0.3) is 5.56 Å². The molecule has 156 valence electrons. The number of aryl methyl sites for hydroxylation is 1. The number of carbonyl (C=O) groups excluding carboxylic acids is 1. The Labute approximate surface area is 177 Å². The van der Waals surface area contributed by atoms with E-state index in [0.29, 0.717) is 5.56 Å². The Bertz CT molecular complexity index is 1270. The molecule has 0 fully saturated rings. The molecule has 0 saturated heterocycles. The zero-order valence-corrected chi connectivity index (χ0v) is 17.6. The highest BCUT2D eigenvalue weighted by Gasteiger charge is 2.26. The first-order chi connectivity index (χ1) is 14.2. The van der Waals surface area contributed by atoms with Crippen molar-refractivity contribution in [3.63, 3.8) is 0 Å². The highest BCUT2D eigenvalue weighted by atomic mass is 35.5. The largest absolute Gasteiger partial charge is 0.461 e. The number of aromatic nitrogens is 2. The van der Waals surface area contributed by atoms with E-state index in [1.54, 1.807) is 44.2 Å². The Morgan fingerprint density at radius 3 is 2.53 bits per heavy atom. The van der Waals surface area contributed by atoms with Crippen molar-refractivity contribution in [2.45, 2.75) is 18.7 Å². The van der Waals surface area contributed by atoms with Gasteiger partial charge in [-0.2, -0.15) is 18.2 Å². The number of esters is 1. The summed E-state index contributed by atoms with van der Waals surface area (Å²) in [6.07, 6.45) is 0. The highest BCUT2D eigenvalue weighted by Crippen LogP contribution is 2.24. The van der Waals surface area contributed by atoms with Crippen molar-refractivity contribution in [2.24, 2.45) is 0 Å². The van der Waals surface area contributed by atoms with Crippen molar-refractivity contribution in [2.75, 3.05) is 6.61 Å². The number of carbonyl (C=O) groups is 1. The summed E-state index contributed by atoms with van der Waals surface area (Å²) < 4.78 is 36.3. The molecular formula is C20H17ClN2O6S. The van der Waals surface area contributed by atoms with Crippen LogP contribution in [-0.4, -0.2) is 30.8 Å². The molecule has 0 aliphatic heterocycles. The summed E-state index contributed by atoms with van der Waals surface area (Å²) in [6.45, 7) is 3.30. The van der Waals surface area contributed by atoms with Gasteiger partial charge in [-0.1, -0.05) is 35.9 Å². The fourth-order valence-corrected chi connectivity index (χ4v) is 3.83. The molecule has 0 spiro atoms. The minimum absolute atomic E-state index is 0.00973. The second kappa shape index (κ2) is 8.68. The van der Waals surface area contributed by atoms with Crippen LogP contribution in [0.1, 0.15) is 23.0 Å². The summed E-state index contributed by atoms with van der Waals surface area (Å²) in [5.41, 5.74) is -0.321. The quantitative estimate of drug-likeness (QED) is 0.421. The van der Waals surface area contributed by atoms with Crippen molar-refractivity contribution in [1.82, 2.24) is 9.78 Å². The monoisotopic (exact) mass is 448 g/mol. The standard InChI is InChI=1S/C20H17ClN2O6S/c1-3-28-20(25)19-17(29-30(26,27)14-8-6-7-13(2)11-14)12-18(24)23(22-19)16-10-5-4-9-15(16)21/h4-12H,3H2,1-2H3. The van der Waals surface area contributed by atoms with Crippen LogP contribution in [0.4, 0.5) is 0 Å². The smallest absolute Gasteiger partial charge is 0.362 e. The molecule has 8 nitrogen and oxygen atoms in total. The van der Waals surface area contributed by atoms with E-state index in [-0.39, 0.29) is 22.2 Å². The number of rotatable bonds is 6. The molecule has 30 heavy (non-hydrogen) atoms. The number of ether oxygens (including phenoxy) is 1. The van der Waals surface area contributed by atoms with Gasteiger partial charge in [-0.15, -0.1) is 0 Å².